The standard InChI is InChI=1S/C13H17N3O5/c1-13(19)3-2-5-15(6-4-13)11-7-9(12(17)18)10(8-14-11)16(20)21/h7-8,19H,2-6H2,1H3,(H,17,18). The van der Waals surface area contributed by atoms with Crippen molar-refractivity contribution in [3.63, 3.8) is 0 Å². The number of hydrogen-bond donors (Lipinski definition) is 2. The molecule has 0 spiro atoms. The van der Waals surface area contributed by atoms with Gasteiger partial charge < -0.3 is 15.1 Å². The largest absolute Gasteiger partial charge is 0.477 e. The van der Waals surface area contributed by atoms with E-state index in [1.54, 1.807) is 6.92 Å². The molecule has 1 aliphatic heterocycles. The Kier molecular flexibility index (Phi) is 4.08. The summed E-state index contributed by atoms with van der Waals surface area (Å²) in [7, 11) is 0. The van der Waals surface area contributed by atoms with Gasteiger partial charge in [0.2, 0.25) is 0 Å². The van der Waals surface area contributed by atoms with Crippen molar-refractivity contribution in [3.8, 4) is 0 Å². The molecule has 1 saturated heterocycles. The number of carboxylic acids is 1. The predicted octanol–water partition coefficient (Wildman–Crippen LogP) is 1.43. The first kappa shape index (κ1) is 15.2. The molecule has 1 atom stereocenters. The highest BCUT2D eigenvalue weighted by atomic mass is 16.6. The second kappa shape index (κ2) is 5.65. The van der Waals surface area contributed by atoms with Gasteiger partial charge in [-0.1, -0.05) is 0 Å². The number of hydrogen-bond acceptors (Lipinski definition) is 6. The lowest BCUT2D eigenvalue weighted by molar-refractivity contribution is -0.385. The average molecular weight is 295 g/mol. The van der Waals surface area contributed by atoms with Crippen LogP contribution in [0.4, 0.5) is 11.5 Å². The maximum absolute atomic E-state index is 11.1. The van der Waals surface area contributed by atoms with Gasteiger partial charge in [-0.2, -0.15) is 0 Å². The van der Waals surface area contributed by atoms with E-state index in [1.165, 1.54) is 6.07 Å². The van der Waals surface area contributed by atoms with Crippen molar-refractivity contribution >= 4 is 17.5 Å². The Hall–Kier alpha value is -2.22. The van der Waals surface area contributed by atoms with Crippen LogP contribution in [0.15, 0.2) is 12.3 Å². The van der Waals surface area contributed by atoms with Gasteiger partial charge in [0, 0.05) is 19.2 Å². The maximum atomic E-state index is 11.1. The van der Waals surface area contributed by atoms with Gasteiger partial charge in [-0.05, 0) is 26.2 Å². The number of aromatic carboxylic acids is 1. The lowest BCUT2D eigenvalue weighted by Gasteiger charge is -2.23. The maximum Gasteiger partial charge on any atom is 0.342 e. The molecule has 1 aromatic rings. The summed E-state index contributed by atoms with van der Waals surface area (Å²) in [6.07, 6.45) is 2.91. The van der Waals surface area contributed by atoms with Crippen molar-refractivity contribution in [2.45, 2.75) is 31.8 Å². The van der Waals surface area contributed by atoms with Crippen LogP contribution >= 0.6 is 0 Å². The van der Waals surface area contributed by atoms with Crippen LogP contribution in [0.5, 0.6) is 0 Å². The summed E-state index contributed by atoms with van der Waals surface area (Å²) >= 11 is 0. The zero-order chi connectivity index (χ0) is 15.6. The van der Waals surface area contributed by atoms with Gasteiger partial charge in [0.25, 0.3) is 0 Å². The van der Waals surface area contributed by atoms with E-state index in [9.17, 15) is 20.0 Å². The molecule has 1 fully saturated rings. The number of anilines is 1. The molecule has 0 aliphatic carbocycles. The van der Waals surface area contributed by atoms with Gasteiger partial charge in [-0.3, -0.25) is 10.1 Å². The van der Waals surface area contributed by atoms with Gasteiger partial charge in [0.1, 0.15) is 17.6 Å². The molecule has 0 amide bonds. The van der Waals surface area contributed by atoms with E-state index in [-0.39, 0.29) is 5.56 Å². The molecule has 8 nitrogen and oxygen atoms in total. The molecule has 0 bridgehead atoms. The summed E-state index contributed by atoms with van der Waals surface area (Å²) in [5, 5.41) is 29.9. The third-order valence-corrected chi connectivity index (χ3v) is 3.68. The summed E-state index contributed by atoms with van der Waals surface area (Å²) < 4.78 is 0. The number of nitrogens with zero attached hydrogens (tertiary/aromatic N) is 3. The third-order valence-electron chi connectivity index (χ3n) is 3.68. The predicted molar refractivity (Wildman–Crippen MR) is 74.5 cm³/mol. The second-order valence-electron chi connectivity index (χ2n) is 5.46. The first-order valence-corrected chi connectivity index (χ1v) is 6.65. The highest BCUT2D eigenvalue weighted by Gasteiger charge is 2.27. The van der Waals surface area contributed by atoms with Crippen molar-refractivity contribution in [1.82, 2.24) is 4.98 Å². The van der Waals surface area contributed by atoms with E-state index in [0.717, 1.165) is 12.6 Å². The number of nitro groups is 1. The number of aromatic nitrogens is 1. The molecule has 8 heteroatoms. The Morgan fingerprint density at radius 1 is 1.48 bits per heavy atom. The fourth-order valence-electron chi connectivity index (χ4n) is 2.42. The van der Waals surface area contributed by atoms with E-state index in [2.05, 4.69) is 4.98 Å². The number of carbonyl (C=O) groups is 1. The summed E-state index contributed by atoms with van der Waals surface area (Å²) in [6.45, 7) is 2.92. The zero-order valence-corrected chi connectivity index (χ0v) is 11.7. The van der Waals surface area contributed by atoms with Crippen LogP contribution in [-0.4, -0.2) is 44.8 Å². The molecule has 114 valence electrons. The van der Waals surface area contributed by atoms with Gasteiger partial charge in [0.15, 0.2) is 0 Å². The molecular formula is C13H17N3O5. The Balaban J connectivity index is 2.30. The van der Waals surface area contributed by atoms with Crippen molar-refractivity contribution < 1.29 is 19.9 Å². The van der Waals surface area contributed by atoms with E-state index in [0.29, 0.717) is 31.7 Å². The van der Waals surface area contributed by atoms with Gasteiger partial charge in [-0.15, -0.1) is 0 Å². The molecule has 0 saturated carbocycles. The van der Waals surface area contributed by atoms with E-state index in [1.807, 2.05) is 4.90 Å². The fourth-order valence-corrected chi connectivity index (χ4v) is 2.42. The van der Waals surface area contributed by atoms with Crippen molar-refractivity contribution in [2.24, 2.45) is 0 Å². The molecule has 2 heterocycles. The Labute approximate surface area is 121 Å². The summed E-state index contributed by atoms with van der Waals surface area (Å²) in [6, 6.07) is 1.22. The highest BCUT2D eigenvalue weighted by molar-refractivity contribution is 5.93. The SMILES string of the molecule is CC1(O)CCCN(c2cc(C(=O)O)c([N+](=O)[O-])cn2)CC1. The second-order valence-corrected chi connectivity index (χ2v) is 5.46. The number of aliphatic hydroxyl groups is 1. The lowest BCUT2D eigenvalue weighted by atomic mass is 9.98. The first-order valence-electron chi connectivity index (χ1n) is 6.65. The Morgan fingerprint density at radius 3 is 2.81 bits per heavy atom. The van der Waals surface area contributed by atoms with Crippen LogP contribution in [0, 0.1) is 10.1 Å². The average Bonchev–Trinajstić information content (AvgIpc) is 2.59. The molecule has 0 radical (unpaired) electrons. The number of rotatable bonds is 3. The van der Waals surface area contributed by atoms with Gasteiger partial charge >= 0.3 is 11.7 Å². The molecule has 1 unspecified atom stereocenters. The van der Waals surface area contributed by atoms with Gasteiger partial charge in [0.05, 0.1) is 10.5 Å². The third kappa shape index (κ3) is 3.46. The Bertz CT molecular complexity index is 573. The molecule has 1 aliphatic rings. The quantitative estimate of drug-likeness (QED) is 0.639. The lowest BCUT2D eigenvalue weighted by Crippen LogP contribution is -2.29. The van der Waals surface area contributed by atoms with Crippen LogP contribution < -0.4 is 4.90 Å². The Morgan fingerprint density at radius 2 is 2.19 bits per heavy atom. The number of carboxylic acid groups (broad SMARTS) is 1. The minimum atomic E-state index is -1.35. The van der Waals surface area contributed by atoms with E-state index < -0.39 is 22.2 Å². The monoisotopic (exact) mass is 295 g/mol. The van der Waals surface area contributed by atoms with Crippen molar-refractivity contribution in [3.05, 3.63) is 27.9 Å². The zero-order valence-electron chi connectivity index (χ0n) is 11.7. The van der Waals surface area contributed by atoms with Crippen LogP contribution in [0.2, 0.25) is 0 Å². The molecule has 21 heavy (non-hydrogen) atoms. The topological polar surface area (TPSA) is 117 Å². The molecular weight excluding hydrogens is 278 g/mol. The molecule has 2 rings (SSSR count). The minimum Gasteiger partial charge on any atom is -0.477 e. The van der Waals surface area contributed by atoms with Crippen LogP contribution in [0.1, 0.15) is 36.5 Å². The first-order chi connectivity index (χ1) is 9.80. The summed E-state index contributed by atoms with van der Waals surface area (Å²) in [5.74, 6) is -0.970. The van der Waals surface area contributed by atoms with Crippen LogP contribution in [0.25, 0.3) is 0 Å². The fraction of sp³-hybridized carbons (Fsp3) is 0.538. The minimum absolute atomic E-state index is 0.374. The smallest absolute Gasteiger partial charge is 0.342 e. The van der Waals surface area contributed by atoms with E-state index in [4.69, 9.17) is 5.11 Å². The van der Waals surface area contributed by atoms with Crippen molar-refractivity contribution in [2.75, 3.05) is 18.0 Å². The molecule has 1 aromatic heterocycles. The summed E-state index contributed by atoms with van der Waals surface area (Å²) in [5.41, 5.74) is -1.64. The van der Waals surface area contributed by atoms with Crippen LogP contribution in [0.3, 0.4) is 0 Å². The van der Waals surface area contributed by atoms with Gasteiger partial charge in [-0.25, -0.2) is 9.78 Å². The van der Waals surface area contributed by atoms with E-state index >= 15 is 0 Å². The normalized spacial score (nSPS) is 22.7. The highest BCUT2D eigenvalue weighted by Crippen LogP contribution is 2.27. The molecule has 2 N–H and O–H groups in total. The summed E-state index contributed by atoms with van der Waals surface area (Å²) in [4.78, 5) is 27.0. The number of pyridine rings is 1. The van der Waals surface area contributed by atoms with Crippen molar-refractivity contribution in [1.29, 1.82) is 0 Å². The van der Waals surface area contributed by atoms with Crippen LogP contribution in [-0.2, 0) is 0 Å². The molecule has 0 aromatic carbocycles.